The number of allylic oxidation sites excluding steroid dienone is 1. The normalized spacial score (nSPS) is 11.8. The van der Waals surface area contributed by atoms with Crippen molar-refractivity contribution in [2.24, 2.45) is 0 Å². The van der Waals surface area contributed by atoms with Crippen LogP contribution >= 0.6 is 34.2 Å². The van der Waals surface area contributed by atoms with Crippen LogP contribution in [0.2, 0.25) is 5.02 Å². The minimum Gasteiger partial charge on any atom is -0.383 e. The molecule has 0 spiro atoms. The van der Waals surface area contributed by atoms with Gasteiger partial charge in [0.1, 0.15) is 4.90 Å². The van der Waals surface area contributed by atoms with Crippen molar-refractivity contribution in [2.45, 2.75) is 4.90 Å². The van der Waals surface area contributed by atoms with E-state index in [1.165, 1.54) is 30.3 Å². The van der Waals surface area contributed by atoms with Gasteiger partial charge in [0.05, 0.1) is 0 Å². The maximum atomic E-state index is 13.5. The molecule has 0 amide bonds. The molecule has 3 rings (SSSR count). The summed E-state index contributed by atoms with van der Waals surface area (Å²) in [5, 5.41) is 0.347. The van der Waals surface area contributed by atoms with Gasteiger partial charge in [-0.15, -0.1) is 0 Å². The average molecular weight is 568 g/mol. The summed E-state index contributed by atoms with van der Waals surface area (Å²) in [6.45, 7) is 0. The van der Waals surface area contributed by atoms with E-state index in [9.17, 15) is 13.2 Å². The van der Waals surface area contributed by atoms with Crippen LogP contribution < -0.4 is 4.18 Å². The van der Waals surface area contributed by atoms with Crippen molar-refractivity contribution in [1.82, 2.24) is 4.90 Å². The van der Waals surface area contributed by atoms with Crippen LogP contribution in [0.4, 0.5) is 0 Å². The predicted molar refractivity (Wildman–Crippen MR) is 131 cm³/mol. The largest absolute Gasteiger partial charge is 0.383 e. The first-order valence-electron chi connectivity index (χ1n) is 9.16. The first kappa shape index (κ1) is 23.3. The van der Waals surface area contributed by atoms with E-state index in [-0.39, 0.29) is 27.6 Å². The smallest absolute Gasteiger partial charge is 0.339 e. The van der Waals surface area contributed by atoms with Gasteiger partial charge in [-0.3, -0.25) is 4.79 Å². The molecule has 0 saturated heterocycles. The lowest BCUT2D eigenvalue weighted by Crippen LogP contribution is -2.14. The zero-order chi connectivity index (χ0) is 22.6. The van der Waals surface area contributed by atoms with E-state index in [1.807, 2.05) is 12.1 Å². The maximum Gasteiger partial charge on any atom is 0.339 e. The fourth-order valence-electron chi connectivity index (χ4n) is 2.84. The Bertz CT molecular complexity index is 1240. The van der Waals surface area contributed by atoms with Gasteiger partial charge in [-0.05, 0) is 65.1 Å². The third kappa shape index (κ3) is 5.66. The van der Waals surface area contributed by atoms with Gasteiger partial charge < -0.3 is 9.08 Å². The molecule has 0 aliphatic heterocycles. The van der Waals surface area contributed by atoms with Gasteiger partial charge in [-0.2, -0.15) is 8.42 Å². The second-order valence-corrected chi connectivity index (χ2v) is 9.95. The van der Waals surface area contributed by atoms with Crippen LogP contribution in [0.3, 0.4) is 0 Å². The van der Waals surface area contributed by atoms with Crippen LogP contribution in [0.25, 0.3) is 5.57 Å². The van der Waals surface area contributed by atoms with Crippen molar-refractivity contribution >= 4 is 55.7 Å². The van der Waals surface area contributed by atoms with E-state index in [0.717, 1.165) is 3.57 Å². The molecule has 0 saturated carbocycles. The molecule has 3 aromatic carbocycles. The van der Waals surface area contributed by atoms with Crippen molar-refractivity contribution in [3.63, 3.8) is 0 Å². The van der Waals surface area contributed by atoms with Gasteiger partial charge in [-0.1, -0.05) is 41.9 Å². The van der Waals surface area contributed by atoms with E-state index in [2.05, 4.69) is 22.6 Å². The van der Waals surface area contributed by atoms with Gasteiger partial charge in [-0.25, -0.2) is 0 Å². The summed E-state index contributed by atoms with van der Waals surface area (Å²) in [5.74, 6) is -0.261. The van der Waals surface area contributed by atoms with Crippen LogP contribution in [0, 0.1) is 3.57 Å². The number of halogens is 2. The Labute approximate surface area is 200 Å². The summed E-state index contributed by atoms with van der Waals surface area (Å²) >= 11 is 8.30. The third-order valence-corrected chi connectivity index (χ3v) is 6.64. The third-order valence-electron chi connectivity index (χ3n) is 4.21. The Morgan fingerprint density at radius 1 is 0.968 bits per heavy atom. The van der Waals surface area contributed by atoms with E-state index < -0.39 is 10.1 Å². The van der Waals surface area contributed by atoms with E-state index in [4.69, 9.17) is 15.8 Å². The molecule has 8 heteroatoms. The number of hydrogen-bond acceptors (Lipinski definition) is 5. The van der Waals surface area contributed by atoms with Gasteiger partial charge in [0.25, 0.3) is 0 Å². The molecule has 0 aliphatic rings. The molecule has 0 aliphatic carbocycles. The molecule has 0 atom stereocenters. The Morgan fingerprint density at radius 2 is 1.61 bits per heavy atom. The highest BCUT2D eigenvalue weighted by Crippen LogP contribution is 2.34. The Hall–Kier alpha value is -2.36. The summed E-state index contributed by atoms with van der Waals surface area (Å²) in [6, 6.07) is 19.5. The number of Topliss-reactive ketones (excluding diaryl/α,β-unsaturated/α-hetero) is 1. The number of carbonyl (C=O) groups is 1. The van der Waals surface area contributed by atoms with Crippen molar-refractivity contribution in [3.05, 3.63) is 98.7 Å². The highest BCUT2D eigenvalue weighted by Gasteiger charge is 2.24. The molecule has 0 aromatic heterocycles. The second-order valence-electron chi connectivity index (χ2n) is 6.81. The van der Waals surface area contributed by atoms with E-state index in [0.29, 0.717) is 10.6 Å². The highest BCUT2D eigenvalue weighted by atomic mass is 127. The standard InChI is InChI=1S/C23H19ClINO4S/c1-26(2)15-20(23(27)18-10-6-7-11-21(18)25)19-14-16(24)12-13-22(19)30-31(28,29)17-8-4-3-5-9-17/h3-15H,1-2H3/b20-15+. The zero-order valence-electron chi connectivity index (χ0n) is 16.7. The van der Waals surface area contributed by atoms with Crippen molar-refractivity contribution in [2.75, 3.05) is 14.1 Å². The summed E-state index contributed by atoms with van der Waals surface area (Å²) in [5.41, 5.74) is 1.04. The molecule has 5 nitrogen and oxygen atoms in total. The molecular formula is C23H19ClINO4S. The SMILES string of the molecule is CN(C)/C=C(/C(=O)c1ccccc1I)c1cc(Cl)ccc1OS(=O)(=O)c1ccccc1. The molecule has 0 bridgehead atoms. The van der Waals surface area contributed by atoms with Gasteiger partial charge in [0.2, 0.25) is 0 Å². The molecule has 3 aromatic rings. The zero-order valence-corrected chi connectivity index (χ0v) is 20.5. The fraction of sp³-hybridized carbons (Fsp3) is 0.0870. The maximum absolute atomic E-state index is 13.5. The molecule has 0 fully saturated rings. The van der Waals surface area contributed by atoms with Crippen molar-refractivity contribution in [3.8, 4) is 5.75 Å². The van der Waals surface area contributed by atoms with Crippen molar-refractivity contribution in [1.29, 1.82) is 0 Å². The molecule has 0 heterocycles. The lowest BCUT2D eigenvalue weighted by molar-refractivity contribution is 0.105. The molecule has 0 unspecified atom stereocenters. The number of nitrogens with zero attached hydrogens (tertiary/aromatic N) is 1. The van der Waals surface area contributed by atoms with Crippen LogP contribution in [0.15, 0.2) is 83.9 Å². The Morgan fingerprint density at radius 3 is 2.26 bits per heavy atom. The predicted octanol–water partition coefficient (Wildman–Crippen LogP) is 5.50. The van der Waals surface area contributed by atoms with Crippen LogP contribution in [-0.2, 0) is 10.1 Å². The second kappa shape index (κ2) is 9.84. The molecular weight excluding hydrogens is 549 g/mol. The molecule has 31 heavy (non-hydrogen) atoms. The number of benzene rings is 3. The number of rotatable bonds is 7. The summed E-state index contributed by atoms with van der Waals surface area (Å²) in [4.78, 5) is 15.2. The van der Waals surface area contributed by atoms with E-state index in [1.54, 1.807) is 55.5 Å². The molecule has 160 valence electrons. The number of ketones is 1. The van der Waals surface area contributed by atoms with E-state index >= 15 is 0 Å². The minimum atomic E-state index is -4.11. The van der Waals surface area contributed by atoms with Gasteiger partial charge >= 0.3 is 10.1 Å². The monoisotopic (exact) mass is 567 g/mol. The Kier molecular flexibility index (Phi) is 7.40. The first-order chi connectivity index (χ1) is 14.7. The summed E-state index contributed by atoms with van der Waals surface area (Å²) in [7, 11) is -0.560. The topological polar surface area (TPSA) is 63.7 Å². The minimum absolute atomic E-state index is 0.0120. The van der Waals surface area contributed by atoms with Crippen LogP contribution in [0.1, 0.15) is 15.9 Å². The lowest BCUT2D eigenvalue weighted by atomic mass is 9.96. The number of hydrogen-bond donors (Lipinski definition) is 0. The van der Waals surface area contributed by atoms with Crippen LogP contribution in [-0.4, -0.2) is 33.2 Å². The molecule has 0 radical (unpaired) electrons. The Balaban J connectivity index is 2.14. The van der Waals surface area contributed by atoms with Gasteiger partial charge in [0.15, 0.2) is 11.5 Å². The highest BCUT2D eigenvalue weighted by molar-refractivity contribution is 14.1. The fourth-order valence-corrected chi connectivity index (χ4v) is 4.61. The average Bonchev–Trinajstić information content (AvgIpc) is 2.74. The quantitative estimate of drug-likeness (QED) is 0.163. The first-order valence-corrected chi connectivity index (χ1v) is 12.0. The summed E-state index contributed by atoms with van der Waals surface area (Å²) < 4.78 is 31.8. The lowest BCUT2D eigenvalue weighted by Gasteiger charge is -2.17. The molecule has 0 N–H and O–H groups in total. The van der Waals surface area contributed by atoms with Gasteiger partial charge in [0, 0.05) is 45.6 Å². The van der Waals surface area contributed by atoms with Crippen LogP contribution in [0.5, 0.6) is 5.75 Å². The van der Waals surface area contributed by atoms with Crippen molar-refractivity contribution < 1.29 is 17.4 Å². The number of carbonyl (C=O) groups excluding carboxylic acids is 1. The summed E-state index contributed by atoms with van der Waals surface area (Å²) in [6.07, 6.45) is 1.62.